The second-order valence-electron chi connectivity index (χ2n) is 6.17. The summed E-state index contributed by atoms with van der Waals surface area (Å²) in [5.41, 5.74) is 4.75. The lowest BCUT2D eigenvalue weighted by molar-refractivity contribution is -0.132. The molecule has 0 aromatic rings. The summed E-state index contributed by atoms with van der Waals surface area (Å²) in [5.74, 6) is 0.221. The van der Waals surface area contributed by atoms with Gasteiger partial charge in [0.1, 0.15) is 0 Å². The highest BCUT2D eigenvalue weighted by Crippen LogP contribution is 2.29. The number of amides is 2. The Labute approximate surface area is 109 Å². The highest BCUT2D eigenvalue weighted by molar-refractivity contribution is 5.83. The third-order valence-corrected chi connectivity index (χ3v) is 3.84. The number of rotatable bonds is 6. The maximum atomic E-state index is 12.0. The van der Waals surface area contributed by atoms with E-state index >= 15 is 0 Å². The van der Waals surface area contributed by atoms with Crippen LogP contribution in [0.4, 0.5) is 0 Å². The number of hydrogen-bond acceptors (Lipinski definition) is 3. The van der Waals surface area contributed by atoms with E-state index in [1.807, 2.05) is 27.7 Å². The molecule has 1 saturated carbocycles. The quantitative estimate of drug-likeness (QED) is 0.600. The van der Waals surface area contributed by atoms with Crippen LogP contribution in [0.2, 0.25) is 0 Å². The number of nitrogens with two attached hydrogens (primary N) is 1. The summed E-state index contributed by atoms with van der Waals surface area (Å²) in [6.07, 6.45) is 1.99. The van der Waals surface area contributed by atoms with Crippen LogP contribution in [0.25, 0.3) is 0 Å². The second-order valence-corrected chi connectivity index (χ2v) is 6.17. The van der Waals surface area contributed by atoms with Gasteiger partial charge in [0.15, 0.2) is 0 Å². The number of carbonyl (C=O) groups excluding carboxylic acids is 2. The molecule has 0 aliphatic heterocycles. The molecule has 4 N–H and O–H groups in total. The summed E-state index contributed by atoms with van der Waals surface area (Å²) in [6, 6.07) is 0. The van der Waals surface area contributed by atoms with Gasteiger partial charge in [-0.1, -0.05) is 0 Å². The SMILES string of the molecule is CC(C)(N)C(C)(C)C(=O)NCCNC(=O)C1CC1. The molecule has 0 aromatic carbocycles. The fourth-order valence-electron chi connectivity index (χ4n) is 1.37. The summed E-state index contributed by atoms with van der Waals surface area (Å²) in [4.78, 5) is 23.4. The van der Waals surface area contributed by atoms with E-state index in [9.17, 15) is 9.59 Å². The largest absolute Gasteiger partial charge is 0.354 e. The average molecular weight is 255 g/mol. The molecule has 1 aliphatic carbocycles. The predicted octanol–water partition coefficient (Wildman–Crippen LogP) is 0.392. The molecule has 2 amide bonds. The molecule has 0 heterocycles. The topological polar surface area (TPSA) is 84.2 Å². The van der Waals surface area contributed by atoms with E-state index in [2.05, 4.69) is 10.6 Å². The molecule has 0 aromatic heterocycles. The molecule has 0 bridgehead atoms. The van der Waals surface area contributed by atoms with Gasteiger partial charge in [-0.15, -0.1) is 0 Å². The third kappa shape index (κ3) is 3.70. The maximum Gasteiger partial charge on any atom is 0.227 e. The lowest BCUT2D eigenvalue weighted by atomic mass is 9.74. The number of nitrogens with one attached hydrogen (secondary N) is 2. The van der Waals surface area contributed by atoms with Crippen molar-refractivity contribution in [1.82, 2.24) is 10.6 Å². The fraction of sp³-hybridized carbons (Fsp3) is 0.846. The van der Waals surface area contributed by atoms with E-state index in [1.54, 1.807) is 0 Å². The lowest BCUT2D eigenvalue weighted by Gasteiger charge is -2.36. The molecule has 1 fully saturated rings. The van der Waals surface area contributed by atoms with E-state index < -0.39 is 11.0 Å². The van der Waals surface area contributed by atoms with Crippen molar-refractivity contribution >= 4 is 11.8 Å². The molecule has 1 aliphatic rings. The van der Waals surface area contributed by atoms with Crippen molar-refractivity contribution in [1.29, 1.82) is 0 Å². The van der Waals surface area contributed by atoms with Crippen molar-refractivity contribution in [3.8, 4) is 0 Å². The Morgan fingerprint density at radius 1 is 1.11 bits per heavy atom. The summed E-state index contributed by atoms with van der Waals surface area (Å²) >= 11 is 0. The van der Waals surface area contributed by atoms with Crippen molar-refractivity contribution in [3.05, 3.63) is 0 Å². The van der Waals surface area contributed by atoms with Gasteiger partial charge in [0.05, 0.1) is 5.41 Å². The standard InChI is InChI=1S/C13H25N3O2/c1-12(2,13(3,4)14)11(18)16-8-7-15-10(17)9-5-6-9/h9H,5-8,14H2,1-4H3,(H,15,17)(H,16,18). The zero-order valence-electron chi connectivity index (χ0n) is 11.8. The van der Waals surface area contributed by atoms with Crippen molar-refractivity contribution < 1.29 is 9.59 Å². The Bertz CT molecular complexity index is 328. The van der Waals surface area contributed by atoms with Gasteiger partial charge in [-0.05, 0) is 40.5 Å². The van der Waals surface area contributed by atoms with Crippen LogP contribution in [0.3, 0.4) is 0 Å². The molecule has 0 spiro atoms. The Kier molecular flexibility index (Phi) is 4.37. The van der Waals surface area contributed by atoms with Gasteiger partial charge >= 0.3 is 0 Å². The first kappa shape index (κ1) is 15.0. The van der Waals surface area contributed by atoms with Crippen LogP contribution in [-0.2, 0) is 9.59 Å². The number of carbonyl (C=O) groups is 2. The van der Waals surface area contributed by atoms with Gasteiger partial charge in [0.2, 0.25) is 11.8 Å². The van der Waals surface area contributed by atoms with Crippen LogP contribution in [0.15, 0.2) is 0 Å². The van der Waals surface area contributed by atoms with E-state index in [0.717, 1.165) is 12.8 Å². The molecule has 0 radical (unpaired) electrons. The smallest absolute Gasteiger partial charge is 0.227 e. The number of hydrogen-bond donors (Lipinski definition) is 3. The minimum atomic E-state index is -0.645. The average Bonchev–Trinajstić information content (AvgIpc) is 3.05. The van der Waals surface area contributed by atoms with Gasteiger partial charge in [-0.25, -0.2) is 0 Å². The van der Waals surface area contributed by atoms with Crippen LogP contribution in [0, 0.1) is 11.3 Å². The minimum absolute atomic E-state index is 0.0873. The van der Waals surface area contributed by atoms with Gasteiger partial charge in [0.25, 0.3) is 0 Å². The highest BCUT2D eigenvalue weighted by atomic mass is 16.2. The molecule has 0 saturated heterocycles. The normalized spacial score (nSPS) is 16.3. The first-order valence-electron chi connectivity index (χ1n) is 6.51. The minimum Gasteiger partial charge on any atom is -0.354 e. The molecular weight excluding hydrogens is 230 g/mol. The third-order valence-electron chi connectivity index (χ3n) is 3.84. The maximum absolute atomic E-state index is 12.0. The summed E-state index contributed by atoms with van der Waals surface area (Å²) in [6.45, 7) is 8.23. The first-order chi connectivity index (χ1) is 8.16. The molecule has 0 unspecified atom stereocenters. The van der Waals surface area contributed by atoms with Crippen molar-refractivity contribution in [3.63, 3.8) is 0 Å². The zero-order valence-corrected chi connectivity index (χ0v) is 11.8. The van der Waals surface area contributed by atoms with Gasteiger partial charge in [0, 0.05) is 24.5 Å². The van der Waals surface area contributed by atoms with Crippen molar-refractivity contribution in [2.24, 2.45) is 17.1 Å². The fourth-order valence-corrected chi connectivity index (χ4v) is 1.37. The summed E-state index contributed by atoms with van der Waals surface area (Å²) in [7, 11) is 0. The van der Waals surface area contributed by atoms with Gasteiger partial charge < -0.3 is 16.4 Å². The second kappa shape index (κ2) is 5.26. The van der Waals surface area contributed by atoms with Crippen LogP contribution in [-0.4, -0.2) is 30.4 Å². The monoisotopic (exact) mass is 255 g/mol. The van der Waals surface area contributed by atoms with Crippen LogP contribution in [0.5, 0.6) is 0 Å². The summed E-state index contributed by atoms with van der Waals surface area (Å²) < 4.78 is 0. The van der Waals surface area contributed by atoms with E-state index in [0.29, 0.717) is 13.1 Å². The Hall–Kier alpha value is -1.10. The molecular formula is C13H25N3O2. The van der Waals surface area contributed by atoms with Crippen LogP contribution in [0.1, 0.15) is 40.5 Å². The molecule has 0 atom stereocenters. The molecule has 5 heteroatoms. The van der Waals surface area contributed by atoms with Gasteiger partial charge in [-0.2, -0.15) is 0 Å². The molecule has 5 nitrogen and oxygen atoms in total. The van der Waals surface area contributed by atoms with Crippen molar-refractivity contribution in [2.45, 2.75) is 46.1 Å². The van der Waals surface area contributed by atoms with Gasteiger partial charge in [-0.3, -0.25) is 9.59 Å². The predicted molar refractivity (Wildman–Crippen MR) is 70.8 cm³/mol. The van der Waals surface area contributed by atoms with E-state index in [1.165, 1.54) is 0 Å². The highest BCUT2D eigenvalue weighted by Gasteiger charge is 2.40. The Balaban J connectivity index is 2.26. The lowest BCUT2D eigenvalue weighted by Crippen LogP contribution is -2.56. The Morgan fingerprint density at radius 2 is 1.61 bits per heavy atom. The Morgan fingerprint density at radius 3 is 2.06 bits per heavy atom. The van der Waals surface area contributed by atoms with Crippen molar-refractivity contribution in [2.75, 3.05) is 13.1 Å². The van der Waals surface area contributed by atoms with Crippen LogP contribution < -0.4 is 16.4 Å². The van der Waals surface area contributed by atoms with Crippen LogP contribution >= 0.6 is 0 Å². The molecule has 1 rings (SSSR count). The summed E-state index contributed by atoms with van der Waals surface area (Å²) in [5, 5.41) is 5.62. The molecule has 18 heavy (non-hydrogen) atoms. The van der Waals surface area contributed by atoms with E-state index in [-0.39, 0.29) is 17.7 Å². The molecule has 104 valence electrons. The first-order valence-corrected chi connectivity index (χ1v) is 6.51. The zero-order chi connectivity index (χ0) is 14.0. The van der Waals surface area contributed by atoms with E-state index in [4.69, 9.17) is 5.73 Å².